The van der Waals surface area contributed by atoms with Crippen molar-refractivity contribution in [3.63, 3.8) is 0 Å². The number of hydrogen-bond acceptors (Lipinski definition) is 4. The van der Waals surface area contributed by atoms with Crippen molar-refractivity contribution in [2.24, 2.45) is 0 Å². The molecule has 0 saturated carbocycles. The van der Waals surface area contributed by atoms with Crippen LogP contribution >= 0.6 is 24.0 Å². The van der Waals surface area contributed by atoms with Crippen LogP contribution in [0.3, 0.4) is 0 Å². The zero-order valence-corrected chi connectivity index (χ0v) is 17.2. The molecule has 0 spiro atoms. The molecule has 1 aliphatic heterocycles. The van der Waals surface area contributed by atoms with Crippen LogP contribution in [0.5, 0.6) is 5.75 Å². The first-order valence-electron chi connectivity index (χ1n) is 9.15. The Morgan fingerprint density at radius 1 is 1.07 bits per heavy atom. The smallest absolute Gasteiger partial charge is 0.263 e. The van der Waals surface area contributed by atoms with Gasteiger partial charge < -0.3 is 10.1 Å². The second-order valence-corrected chi connectivity index (χ2v) is 8.18. The summed E-state index contributed by atoms with van der Waals surface area (Å²) in [5, 5.41) is 2.62. The molecule has 27 heavy (non-hydrogen) atoms. The van der Waals surface area contributed by atoms with E-state index in [9.17, 15) is 4.79 Å². The van der Waals surface area contributed by atoms with Crippen LogP contribution in [0, 0.1) is 0 Å². The number of thiocarbonyl (C=S) groups is 1. The van der Waals surface area contributed by atoms with Crippen LogP contribution in [-0.4, -0.2) is 10.2 Å². The Balaban J connectivity index is 1.58. The van der Waals surface area contributed by atoms with E-state index in [1.54, 1.807) is 0 Å². The molecule has 3 nitrogen and oxygen atoms in total. The van der Waals surface area contributed by atoms with E-state index in [1.165, 1.54) is 17.3 Å². The number of benzene rings is 2. The largest absolute Gasteiger partial charge is 0.489 e. The van der Waals surface area contributed by atoms with E-state index < -0.39 is 0 Å². The van der Waals surface area contributed by atoms with E-state index in [0.29, 0.717) is 21.8 Å². The Bertz CT molecular complexity index is 838. The molecular formula is C22H23NO2S2. The maximum absolute atomic E-state index is 11.7. The third-order valence-corrected chi connectivity index (χ3v) is 5.82. The second-order valence-electron chi connectivity index (χ2n) is 6.46. The van der Waals surface area contributed by atoms with Crippen molar-refractivity contribution in [1.82, 2.24) is 5.32 Å². The third-order valence-electron chi connectivity index (χ3n) is 4.66. The first-order chi connectivity index (χ1) is 13.1. The lowest BCUT2D eigenvalue weighted by Crippen LogP contribution is -2.17. The number of rotatable bonds is 7. The van der Waals surface area contributed by atoms with Gasteiger partial charge in [0.2, 0.25) is 0 Å². The highest BCUT2D eigenvalue weighted by Gasteiger charge is 2.21. The van der Waals surface area contributed by atoms with Gasteiger partial charge in [-0.15, -0.1) is 0 Å². The molecule has 2 aromatic rings. The maximum atomic E-state index is 11.7. The van der Waals surface area contributed by atoms with Gasteiger partial charge in [0.05, 0.1) is 4.91 Å². The highest BCUT2D eigenvalue weighted by atomic mass is 32.2. The molecule has 1 heterocycles. The van der Waals surface area contributed by atoms with Gasteiger partial charge in [0.1, 0.15) is 16.7 Å². The third kappa shape index (κ3) is 5.21. The van der Waals surface area contributed by atoms with Crippen molar-refractivity contribution in [2.45, 2.75) is 39.2 Å². The number of hydrogen-bond donors (Lipinski definition) is 1. The van der Waals surface area contributed by atoms with Gasteiger partial charge in [-0.3, -0.25) is 4.79 Å². The first-order valence-corrected chi connectivity index (χ1v) is 10.4. The Morgan fingerprint density at radius 2 is 1.74 bits per heavy atom. The summed E-state index contributed by atoms with van der Waals surface area (Å²) in [6.07, 6.45) is 4.16. The summed E-state index contributed by atoms with van der Waals surface area (Å²) in [5.74, 6) is 1.37. The van der Waals surface area contributed by atoms with Gasteiger partial charge in [0.25, 0.3) is 5.91 Å². The summed E-state index contributed by atoms with van der Waals surface area (Å²) < 4.78 is 6.40. The monoisotopic (exact) mass is 397 g/mol. The van der Waals surface area contributed by atoms with Gasteiger partial charge in [0.15, 0.2) is 0 Å². The minimum atomic E-state index is -0.130. The molecular weight excluding hydrogens is 374 g/mol. The zero-order valence-electron chi connectivity index (χ0n) is 15.5. The molecule has 0 aromatic heterocycles. The Hall–Kier alpha value is -2.11. The molecule has 0 unspecified atom stereocenters. The molecule has 1 amide bonds. The summed E-state index contributed by atoms with van der Waals surface area (Å²) in [5.41, 5.74) is 3.42. The van der Waals surface area contributed by atoms with Crippen LogP contribution < -0.4 is 10.1 Å². The number of amides is 1. The van der Waals surface area contributed by atoms with E-state index in [1.807, 2.05) is 42.5 Å². The van der Waals surface area contributed by atoms with Gasteiger partial charge in [-0.1, -0.05) is 74.2 Å². The van der Waals surface area contributed by atoms with Gasteiger partial charge in [-0.25, -0.2) is 0 Å². The molecule has 0 aliphatic carbocycles. The van der Waals surface area contributed by atoms with Crippen LogP contribution in [0.2, 0.25) is 0 Å². The van der Waals surface area contributed by atoms with Crippen LogP contribution in [0.1, 0.15) is 49.3 Å². The lowest BCUT2D eigenvalue weighted by atomic mass is 9.94. The summed E-state index contributed by atoms with van der Waals surface area (Å²) in [7, 11) is 0. The Labute approximate surface area is 170 Å². The van der Waals surface area contributed by atoms with E-state index in [-0.39, 0.29) is 5.91 Å². The summed E-state index contributed by atoms with van der Waals surface area (Å²) >= 11 is 6.29. The fraction of sp³-hybridized carbons (Fsp3) is 0.273. The molecule has 1 saturated heterocycles. The molecule has 1 fully saturated rings. The topological polar surface area (TPSA) is 38.3 Å². The fourth-order valence-corrected chi connectivity index (χ4v) is 4.09. The van der Waals surface area contributed by atoms with Crippen molar-refractivity contribution in [2.75, 3.05) is 0 Å². The van der Waals surface area contributed by atoms with E-state index >= 15 is 0 Å². The minimum absolute atomic E-state index is 0.130. The Morgan fingerprint density at radius 3 is 2.30 bits per heavy atom. The maximum Gasteiger partial charge on any atom is 0.263 e. The Kier molecular flexibility index (Phi) is 6.69. The van der Waals surface area contributed by atoms with Gasteiger partial charge in [-0.05, 0) is 53.7 Å². The van der Waals surface area contributed by atoms with Gasteiger partial charge in [-0.2, -0.15) is 0 Å². The normalized spacial score (nSPS) is 15.4. The molecule has 3 rings (SSSR count). The van der Waals surface area contributed by atoms with Gasteiger partial charge >= 0.3 is 0 Å². The highest BCUT2D eigenvalue weighted by Crippen LogP contribution is 2.27. The molecule has 1 aliphatic rings. The molecule has 140 valence electrons. The van der Waals surface area contributed by atoms with Crippen LogP contribution in [0.15, 0.2) is 53.4 Å². The molecule has 0 radical (unpaired) electrons. The number of thioether (sulfide) groups is 1. The first kappa shape index (κ1) is 19.6. The molecule has 0 atom stereocenters. The summed E-state index contributed by atoms with van der Waals surface area (Å²) in [4.78, 5) is 12.3. The van der Waals surface area contributed by atoms with Crippen LogP contribution in [-0.2, 0) is 11.4 Å². The quantitative estimate of drug-likeness (QED) is 0.483. The van der Waals surface area contributed by atoms with Crippen molar-refractivity contribution in [3.05, 3.63) is 70.1 Å². The van der Waals surface area contributed by atoms with E-state index in [4.69, 9.17) is 17.0 Å². The van der Waals surface area contributed by atoms with Gasteiger partial charge in [0, 0.05) is 0 Å². The lowest BCUT2D eigenvalue weighted by molar-refractivity contribution is -0.115. The molecule has 1 N–H and O–H groups in total. The number of ether oxygens (including phenoxy) is 1. The van der Waals surface area contributed by atoms with Crippen molar-refractivity contribution >= 4 is 40.3 Å². The number of carbonyl (C=O) groups is 1. The van der Waals surface area contributed by atoms with Crippen LogP contribution in [0.25, 0.3) is 6.08 Å². The fourth-order valence-electron chi connectivity index (χ4n) is 3.05. The van der Waals surface area contributed by atoms with Crippen molar-refractivity contribution in [1.29, 1.82) is 0 Å². The minimum Gasteiger partial charge on any atom is -0.489 e. The standard InChI is InChI=1S/C22H23NO2S2/c1-3-17(4-2)18-9-11-19(12-10-18)25-14-16-7-5-15(6-8-16)13-20-21(24)23-22(26)27-20/h5-13,17H,3-4,14H2,1-2H3,(H,23,24,26). The average molecular weight is 398 g/mol. The van der Waals surface area contributed by atoms with Crippen molar-refractivity contribution < 1.29 is 9.53 Å². The van der Waals surface area contributed by atoms with E-state index in [0.717, 1.165) is 29.7 Å². The predicted octanol–water partition coefficient (Wildman–Crippen LogP) is 5.66. The summed E-state index contributed by atoms with van der Waals surface area (Å²) in [6, 6.07) is 16.4. The number of nitrogens with one attached hydrogen (secondary N) is 1. The average Bonchev–Trinajstić information content (AvgIpc) is 3.00. The van der Waals surface area contributed by atoms with Crippen molar-refractivity contribution in [3.8, 4) is 5.75 Å². The molecule has 5 heteroatoms. The summed E-state index contributed by atoms with van der Waals surface area (Å²) in [6.45, 7) is 4.97. The predicted molar refractivity (Wildman–Crippen MR) is 117 cm³/mol. The zero-order chi connectivity index (χ0) is 19.2. The second kappa shape index (κ2) is 9.20. The molecule has 0 bridgehead atoms. The van der Waals surface area contributed by atoms with Crippen LogP contribution in [0.4, 0.5) is 0 Å². The highest BCUT2D eigenvalue weighted by molar-refractivity contribution is 8.26. The van der Waals surface area contributed by atoms with E-state index in [2.05, 4.69) is 31.3 Å². The lowest BCUT2D eigenvalue weighted by Gasteiger charge is -2.13. The molecule has 2 aromatic carbocycles. The SMILES string of the molecule is CCC(CC)c1ccc(OCc2ccc(C=C3SC(=S)NC3=O)cc2)cc1. The number of carbonyl (C=O) groups excluding carboxylic acids is 1.